The monoisotopic (exact) mass is 267 g/mol. The summed E-state index contributed by atoms with van der Waals surface area (Å²) in [5.74, 6) is 0.812. The van der Waals surface area contributed by atoms with Crippen molar-refractivity contribution in [3.05, 3.63) is 72.4 Å². The van der Waals surface area contributed by atoms with Gasteiger partial charge in [0.05, 0.1) is 6.61 Å². The Bertz CT molecular complexity index is 574. The van der Waals surface area contributed by atoms with Crippen molar-refractivity contribution >= 4 is 11.5 Å². The van der Waals surface area contributed by atoms with E-state index in [1.54, 1.807) is 18.3 Å². The number of anilines is 1. The fraction of sp³-hybridized carbons (Fsp3) is 0.118. The molecule has 102 valence electrons. The third kappa shape index (κ3) is 3.99. The van der Waals surface area contributed by atoms with Crippen molar-refractivity contribution in [1.29, 1.82) is 0 Å². The predicted octanol–water partition coefficient (Wildman–Crippen LogP) is 3.89. The van der Waals surface area contributed by atoms with Gasteiger partial charge in [0.1, 0.15) is 5.75 Å². The van der Waals surface area contributed by atoms with Crippen LogP contribution in [0.15, 0.2) is 66.9 Å². The average molecular weight is 267 g/mol. The van der Waals surface area contributed by atoms with E-state index < -0.39 is 0 Å². The van der Waals surface area contributed by atoms with Gasteiger partial charge in [-0.15, -0.1) is 0 Å². The third-order valence-corrected chi connectivity index (χ3v) is 2.71. The van der Waals surface area contributed by atoms with Gasteiger partial charge in [-0.3, -0.25) is 4.79 Å². The van der Waals surface area contributed by atoms with Crippen LogP contribution in [0.5, 0.6) is 5.75 Å². The molecule has 0 saturated heterocycles. The highest BCUT2D eigenvalue weighted by atomic mass is 16.5. The maximum Gasteiger partial charge on any atom is 0.187 e. The standard InChI is InChI=1S/C17H17NO2/c1-2-20-16-10-8-15(9-11-16)18-13-12-17(19)14-6-4-3-5-7-14/h3-13,18H,2H2,1H3. The lowest BCUT2D eigenvalue weighted by Gasteiger charge is -2.04. The number of rotatable bonds is 6. The summed E-state index contributed by atoms with van der Waals surface area (Å²) < 4.78 is 5.36. The van der Waals surface area contributed by atoms with Crippen molar-refractivity contribution in [3.8, 4) is 5.75 Å². The van der Waals surface area contributed by atoms with Crippen LogP contribution in [0.1, 0.15) is 17.3 Å². The minimum Gasteiger partial charge on any atom is -0.494 e. The first-order valence-corrected chi connectivity index (χ1v) is 6.55. The zero-order valence-electron chi connectivity index (χ0n) is 11.4. The van der Waals surface area contributed by atoms with Crippen LogP contribution in [0.2, 0.25) is 0 Å². The first kappa shape index (κ1) is 13.9. The van der Waals surface area contributed by atoms with E-state index in [2.05, 4.69) is 5.32 Å². The minimum atomic E-state index is -0.0240. The molecule has 0 fully saturated rings. The topological polar surface area (TPSA) is 38.3 Å². The molecule has 0 unspecified atom stereocenters. The van der Waals surface area contributed by atoms with Gasteiger partial charge in [0.2, 0.25) is 0 Å². The number of carbonyl (C=O) groups excluding carboxylic acids is 1. The number of allylic oxidation sites excluding steroid dienone is 1. The number of nitrogens with one attached hydrogen (secondary N) is 1. The Morgan fingerprint density at radius 1 is 1.10 bits per heavy atom. The summed E-state index contributed by atoms with van der Waals surface area (Å²) in [6, 6.07) is 16.8. The summed E-state index contributed by atoms with van der Waals surface area (Å²) in [6.45, 7) is 2.60. The van der Waals surface area contributed by atoms with Gasteiger partial charge in [0.25, 0.3) is 0 Å². The molecule has 0 heterocycles. The van der Waals surface area contributed by atoms with Gasteiger partial charge in [-0.25, -0.2) is 0 Å². The van der Waals surface area contributed by atoms with E-state index >= 15 is 0 Å². The van der Waals surface area contributed by atoms with Gasteiger partial charge in [-0.1, -0.05) is 30.3 Å². The largest absolute Gasteiger partial charge is 0.494 e. The molecule has 2 rings (SSSR count). The highest BCUT2D eigenvalue weighted by Gasteiger charge is 1.99. The first-order valence-electron chi connectivity index (χ1n) is 6.55. The van der Waals surface area contributed by atoms with Crippen molar-refractivity contribution < 1.29 is 9.53 Å². The van der Waals surface area contributed by atoms with Gasteiger partial charge >= 0.3 is 0 Å². The van der Waals surface area contributed by atoms with Gasteiger partial charge in [-0.2, -0.15) is 0 Å². The molecule has 3 nitrogen and oxygen atoms in total. The Kier molecular flexibility index (Phi) is 4.95. The molecule has 0 radical (unpaired) electrons. The molecule has 0 saturated carbocycles. The van der Waals surface area contributed by atoms with Crippen LogP contribution in [-0.2, 0) is 0 Å². The molecule has 0 aliphatic heterocycles. The second-order valence-electron chi connectivity index (χ2n) is 4.17. The Hall–Kier alpha value is -2.55. The van der Waals surface area contributed by atoms with E-state index in [4.69, 9.17) is 4.74 Å². The van der Waals surface area contributed by atoms with Gasteiger partial charge in [-0.05, 0) is 31.2 Å². The summed E-state index contributed by atoms with van der Waals surface area (Å²) in [5, 5.41) is 3.06. The molecule has 0 amide bonds. The maximum absolute atomic E-state index is 11.8. The predicted molar refractivity (Wildman–Crippen MR) is 81.1 cm³/mol. The van der Waals surface area contributed by atoms with Crippen LogP contribution < -0.4 is 10.1 Å². The van der Waals surface area contributed by atoms with Crippen LogP contribution >= 0.6 is 0 Å². The van der Waals surface area contributed by atoms with Crippen molar-refractivity contribution in [2.45, 2.75) is 6.92 Å². The Balaban J connectivity index is 1.91. The summed E-state index contributed by atoms with van der Waals surface area (Å²) in [6.07, 6.45) is 3.16. The quantitative estimate of drug-likeness (QED) is 0.637. The SMILES string of the molecule is CCOc1ccc(NC=CC(=O)c2ccccc2)cc1. The molecule has 0 atom stereocenters. The van der Waals surface area contributed by atoms with Crippen molar-refractivity contribution in [3.63, 3.8) is 0 Å². The summed E-state index contributed by atoms with van der Waals surface area (Å²) in [5.41, 5.74) is 1.59. The molecule has 2 aromatic rings. The second-order valence-corrected chi connectivity index (χ2v) is 4.17. The summed E-state index contributed by atoms with van der Waals surface area (Å²) in [7, 11) is 0. The first-order chi connectivity index (χ1) is 9.79. The smallest absolute Gasteiger partial charge is 0.187 e. The number of hydrogen-bond donors (Lipinski definition) is 1. The van der Waals surface area contributed by atoms with E-state index in [1.807, 2.05) is 49.4 Å². The van der Waals surface area contributed by atoms with E-state index in [1.165, 1.54) is 6.08 Å². The fourth-order valence-electron chi connectivity index (χ4n) is 1.73. The summed E-state index contributed by atoms with van der Waals surface area (Å²) in [4.78, 5) is 11.8. The number of hydrogen-bond acceptors (Lipinski definition) is 3. The van der Waals surface area contributed by atoms with E-state index in [-0.39, 0.29) is 5.78 Å². The van der Waals surface area contributed by atoms with E-state index in [9.17, 15) is 4.79 Å². The van der Waals surface area contributed by atoms with Crippen LogP contribution in [0.4, 0.5) is 5.69 Å². The molecule has 0 aliphatic rings. The number of ketones is 1. The van der Waals surface area contributed by atoms with E-state index in [0.29, 0.717) is 12.2 Å². The zero-order chi connectivity index (χ0) is 14.2. The van der Waals surface area contributed by atoms with Crippen LogP contribution in [0.3, 0.4) is 0 Å². The maximum atomic E-state index is 11.8. The van der Waals surface area contributed by atoms with Crippen LogP contribution in [-0.4, -0.2) is 12.4 Å². The van der Waals surface area contributed by atoms with Crippen molar-refractivity contribution in [2.75, 3.05) is 11.9 Å². The molecular formula is C17H17NO2. The van der Waals surface area contributed by atoms with Crippen LogP contribution in [0, 0.1) is 0 Å². The van der Waals surface area contributed by atoms with Gasteiger partial charge < -0.3 is 10.1 Å². The van der Waals surface area contributed by atoms with Gasteiger partial charge in [0, 0.05) is 23.5 Å². The normalized spacial score (nSPS) is 10.4. The minimum absolute atomic E-state index is 0.0240. The number of carbonyl (C=O) groups is 1. The lowest BCUT2D eigenvalue weighted by Crippen LogP contribution is -1.96. The molecule has 0 bridgehead atoms. The Labute approximate surface area is 118 Å². The number of ether oxygens (including phenoxy) is 1. The highest BCUT2D eigenvalue weighted by molar-refractivity contribution is 6.04. The molecular weight excluding hydrogens is 250 g/mol. The molecule has 0 aromatic heterocycles. The van der Waals surface area contributed by atoms with Crippen molar-refractivity contribution in [2.24, 2.45) is 0 Å². The fourth-order valence-corrected chi connectivity index (χ4v) is 1.73. The highest BCUT2D eigenvalue weighted by Crippen LogP contribution is 2.15. The van der Waals surface area contributed by atoms with E-state index in [0.717, 1.165) is 11.4 Å². The third-order valence-electron chi connectivity index (χ3n) is 2.71. The summed E-state index contributed by atoms with van der Waals surface area (Å²) >= 11 is 0. The average Bonchev–Trinajstić information content (AvgIpc) is 2.50. The molecule has 20 heavy (non-hydrogen) atoms. The van der Waals surface area contributed by atoms with Crippen LogP contribution in [0.25, 0.3) is 0 Å². The zero-order valence-corrected chi connectivity index (χ0v) is 11.4. The Morgan fingerprint density at radius 2 is 1.80 bits per heavy atom. The van der Waals surface area contributed by atoms with Gasteiger partial charge in [0.15, 0.2) is 5.78 Å². The van der Waals surface area contributed by atoms with Crippen molar-refractivity contribution in [1.82, 2.24) is 0 Å². The lowest BCUT2D eigenvalue weighted by molar-refractivity contribution is 0.104. The lowest BCUT2D eigenvalue weighted by atomic mass is 10.1. The molecule has 1 N–H and O–H groups in total. The molecule has 2 aromatic carbocycles. The molecule has 3 heteroatoms. The Morgan fingerprint density at radius 3 is 2.45 bits per heavy atom. The second kappa shape index (κ2) is 7.14. The molecule has 0 aliphatic carbocycles. The number of benzene rings is 2. The molecule has 0 spiro atoms.